The van der Waals surface area contributed by atoms with Gasteiger partial charge in [0.25, 0.3) is 0 Å². The van der Waals surface area contributed by atoms with Gasteiger partial charge in [-0.25, -0.2) is 8.42 Å². The lowest BCUT2D eigenvalue weighted by molar-refractivity contribution is 0.611. The molecule has 1 aromatic rings. The van der Waals surface area contributed by atoms with Crippen LogP contribution < -0.4 is 0 Å². The smallest absolute Gasteiger partial charge is 0.239 e. The van der Waals surface area contributed by atoms with E-state index in [-0.39, 0.29) is 10.5 Å². The van der Waals surface area contributed by atoms with E-state index in [1.165, 1.54) is 18.5 Å². The second-order valence-corrected chi connectivity index (χ2v) is 5.86. The summed E-state index contributed by atoms with van der Waals surface area (Å²) < 4.78 is 21.7. The number of nitriles is 1. The van der Waals surface area contributed by atoms with Gasteiger partial charge in [0, 0.05) is 12.4 Å². The number of aromatic nitrogens is 1. The van der Waals surface area contributed by atoms with E-state index in [1.54, 1.807) is 6.07 Å². The van der Waals surface area contributed by atoms with Crippen LogP contribution in [0.5, 0.6) is 0 Å². The number of hydrogen-bond donors (Lipinski definition) is 0. The standard InChI is InChI=1S/C6H3BrN2O2S/c7-12(10,11)6-1-5(2-8)3-9-4-6/h1,3-4H. The van der Waals surface area contributed by atoms with Crippen molar-refractivity contribution in [3.8, 4) is 6.07 Å². The van der Waals surface area contributed by atoms with Crippen molar-refractivity contribution in [1.29, 1.82) is 5.26 Å². The van der Waals surface area contributed by atoms with Crippen molar-refractivity contribution in [2.75, 3.05) is 0 Å². The molecule has 0 fully saturated rings. The maximum atomic E-state index is 10.9. The highest BCUT2D eigenvalue weighted by atomic mass is 79.9. The summed E-state index contributed by atoms with van der Waals surface area (Å²) in [5, 5.41) is 8.43. The van der Waals surface area contributed by atoms with Crippen LogP contribution >= 0.6 is 14.8 Å². The van der Waals surface area contributed by atoms with Crippen LogP contribution in [0.3, 0.4) is 0 Å². The predicted molar refractivity (Wildman–Crippen MR) is 45.1 cm³/mol. The molecular formula is C6H3BrN2O2S. The first kappa shape index (κ1) is 9.16. The van der Waals surface area contributed by atoms with Crippen molar-refractivity contribution in [3.05, 3.63) is 24.0 Å². The summed E-state index contributed by atoms with van der Waals surface area (Å²) in [6, 6.07) is 3.04. The van der Waals surface area contributed by atoms with E-state index in [0.717, 1.165) is 0 Å². The number of rotatable bonds is 1. The average molecular weight is 247 g/mol. The molecule has 0 radical (unpaired) electrons. The molecule has 0 aliphatic rings. The summed E-state index contributed by atoms with van der Waals surface area (Å²) in [4.78, 5) is 3.58. The number of nitrogens with zero attached hydrogens (tertiary/aromatic N) is 2. The first-order valence-electron chi connectivity index (χ1n) is 2.84. The Morgan fingerprint density at radius 2 is 2.17 bits per heavy atom. The van der Waals surface area contributed by atoms with Crippen LogP contribution in [0.2, 0.25) is 0 Å². The Kier molecular flexibility index (Phi) is 2.45. The SMILES string of the molecule is N#Cc1cncc(S(=O)(=O)Br)c1. The van der Waals surface area contributed by atoms with Crippen molar-refractivity contribution in [1.82, 2.24) is 4.98 Å². The first-order chi connectivity index (χ1) is 5.54. The molecule has 0 aromatic carbocycles. The summed E-state index contributed by atoms with van der Waals surface area (Å²) >= 11 is 2.47. The van der Waals surface area contributed by atoms with Gasteiger partial charge >= 0.3 is 0 Å². The molecule has 0 aliphatic heterocycles. The van der Waals surface area contributed by atoms with Gasteiger partial charge in [-0.2, -0.15) is 5.26 Å². The molecular weight excluding hydrogens is 244 g/mol. The fraction of sp³-hybridized carbons (Fsp3) is 0. The van der Waals surface area contributed by atoms with E-state index in [0.29, 0.717) is 0 Å². The van der Waals surface area contributed by atoms with Gasteiger partial charge in [0.05, 0.1) is 25.3 Å². The fourth-order valence-electron chi connectivity index (χ4n) is 0.613. The van der Waals surface area contributed by atoms with E-state index in [4.69, 9.17) is 5.26 Å². The minimum absolute atomic E-state index is 0.0125. The lowest BCUT2D eigenvalue weighted by Crippen LogP contribution is -1.91. The summed E-state index contributed by atoms with van der Waals surface area (Å²) in [6.07, 6.45) is 2.46. The largest absolute Gasteiger partial charge is 0.262 e. The highest BCUT2D eigenvalue weighted by Crippen LogP contribution is 2.15. The van der Waals surface area contributed by atoms with E-state index in [9.17, 15) is 8.42 Å². The maximum Gasteiger partial charge on any atom is 0.239 e. The Labute approximate surface area is 77.0 Å². The Morgan fingerprint density at radius 1 is 1.50 bits per heavy atom. The lowest BCUT2D eigenvalue weighted by atomic mass is 10.3. The quantitative estimate of drug-likeness (QED) is 0.695. The molecule has 0 amide bonds. The summed E-state index contributed by atoms with van der Waals surface area (Å²) in [6.45, 7) is 0. The van der Waals surface area contributed by atoms with Gasteiger partial charge in [-0.1, -0.05) is 0 Å². The van der Waals surface area contributed by atoms with Crippen LogP contribution in [0.25, 0.3) is 0 Å². The second kappa shape index (κ2) is 3.21. The van der Waals surface area contributed by atoms with Gasteiger partial charge in [0.1, 0.15) is 6.07 Å². The van der Waals surface area contributed by atoms with E-state index < -0.39 is 8.27 Å². The molecule has 0 unspecified atom stereocenters. The molecule has 1 aromatic heterocycles. The van der Waals surface area contributed by atoms with E-state index in [2.05, 4.69) is 19.8 Å². The molecule has 1 rings (SSSR count). The third-order valence-electron chi connectivity index (χ3n) is 1.12. The van der Waals surface area contributed by atoms with Gasteiger partial charge < -0.3 is 0 Å². The Balaban J connectivity index is 3.32. The zero-order chi connectivity index (χ0) is 9.19. The summed E-state index contributed by atoms with van der Waals surface area (Å²) in [5.41, 5.74) is 0.218. The molecule has 0 saturated heterocycles. The third kappa shape index (κ3) is 2.03. The molecule has 0 spiro atoms. The van der Waals surface area contributed by atoms with Crippen LogP contribution in [0.4, 0.5) is 0 Å². The molecule has 1 heterocycles. The van der Waals surface area contributed by atoms with Crippen molar-refractivity contribution < 1.29 is 8.42 Å². The number of hydrogen-bond acceptors (Lipinski definition) is 4. The van der Waals surface area contributed by atoms with Gasteiger partial charge in [-0.3, -0.25) is 4.98 Å². The lowest BCUT2D eigenvalue weighted by Gasteiger charge is -1.93. The van der Waals surface area contributed by atoms with Crippen molar-refractivity contribution in [3.63, 3.8) is 0 Å². The van der Waals surface area contributed by atoms with Crippen LogP contribution in [0.1, 0.15) is 5.56 Å². The Bertz CT molecular complexity index is 435. The average Bonchev–Trinajstić information content (AvgIpc) is 2.03. The minimum atomic E-state index is -3.44. The molecule has 0 aliphatic carbocycles. The molecule has 6 heteroatoms. The molecule has 0 saturated carbocycles. The third-order valence-corrected chi connectivity index (χ3v) is 3.03. The topological polar surface area (TPSA) is 70.8 Å². The van der Waals surface area contributed by atoms with Crippen LogP contribution in [0, 0.1) is 11.3 Å². The molecule has 0 atom stereocenters. The maximum absolute atomic E-state index is 10.9. The minimum Gasteiger partial charge on any atom is -0.262 e. The monoisotopic (exact) mass is 246 g/mol. The molecule has 12 heavy (non-hydrogen) atoms. The van der Waals surface area contributed by atoms with Crippen LogP contribution in [-0.2, 0) is 8.27 Å². The molecule has 0 N–H and O–H groups in total. The summed E-state index contributed by atoms with van der Waals surface area (Å²) in [5.74, 6) is 0. The second-order valence-electron chi connectivity index (χ2n) is 1.96. The molecule has 62 valence electrons. The van der Waals surface area contributed by atoms with Crippen molar-refractivity contribution >= 4 is 23.1 Å². The zero-order valence-electron chi connectivity index (χ0n) is 5.73. The Morgan fingerprint density at radius 3 is 2.67 bits per heavy atom. The fourth-order valence-corrected chi connectivity index (χ4v) is 1.60. The van der Waals surface area contributed by atoms with Gasteiger partial charge in [0.2, 0.25) is 8.27 Å². The van der Waals surface area contributed by atoms with Crippen molar-refractivity contribution in [2.24, 2.45) is 0 Å². The van der Waals surface area contributed by atoms with Crippen LogP contribution in [-0.4, -0.2) is 13.4 Å². The normalized spacial score (nSPS) is 10.7. The Hall–Kier alpha value is -0.930. The van der Waals surface area contributed by atoms with Gasteiger partial charge in [-0.15, -0.1) is 0 Å². The van der Waals surface area contributed by atoms with Gasteiger partial charge in [-0.05, 0) is 6.07 Å². The highest BCUT2D eigenvalue weighted by molar-refractivity contribution is 9.47. The van der Waals surface area contributed by atoms with Gasteiger partial charge in [0.15, 0.2) is 0 Å². The molecule has 0 bridgehead atoms. The first-order valence-corrected chi connectivity index (χ1v) is 6.16. The molecule has 4 nitrogen and oxygen atoms in total. The predicted octanol–water partition coefficient (Wildman–Crippen LogP) is 1.04. The number of pyridine rings is 1. The van der Waals surface area contributed by atoms with E-state index >= 15 is 0 Å². The number of halogens is 1. The van der Waals surface area contributed by atoms with Crippen LogP contribution in [0.15, 0.2) is 23.4 Å². The summed E-state index contributed by atoms with van der Waals surface area (Å²) in [7, 11) is -3.44. The zero-order valence-corrected chi connectivity index (χ0v) is 8.13. The van der Waals surface area contributed by atoms with E-state index in [1.807, 2.05) is 0 Å². The highest BCUT2D eigenvalue weighted by Gasteiger charge is 2.09. The van der Waals surface area contributed by atoms with Crippen molar-refractivity contribution in [2.45, 2.75) is 4.90 Å².